The summed E-state index contributed by atoms with van der Waals surface area (Å²) in [5.41, 5.74) is 1.93. The van der Waals surface area contributed by atoms with E-state index in [-0.39, 0.29) is 17.7 Å². The van der Waals surface area contributed by atoms with Crippen molar-refractivity contribution in [2.24, 2.45) is 5.92 Å². The fraction of sp³-hybridized carbons (Fsp3) is 0.286. The normalized spacial score (nSPS) is 14.8. The van der Waals surface area contributed by atoms with E-state index in [1.165, 1.54) is 6.26 Å². The summed E-state index contributed by atoms with van der Waals surface area (Å²) in [7, 11) is 0. The van der Waals surface area contributed by atoms with Crippen LogP contribution in [-0.2, 0) is 11.3 Å². The highest BCUT2D eigenvalue weighted by molar-refractivity contribution is 5.91. The zero-order valence-corrected chi connectivity index (χ0v) is 15.5. The summed E-state index contributed by atoms with van der Waals surface area (Å²) in [6, 6.07) is 13.2. The average Bonchev–Trinajstić information content (AvgIpc) is 3.44. The molecule has 0 aliphatic carbocycles. The van der Waals surface area contributed by atoms with Gasteiger partial charge in [-0.25, -0.2) is 4.68 Å². The maximum Gasteiger partial charge on any atom is 0.289 e. The van der Waals surface area contributed by atoms with Gasteiger partial charge in [-0.05, 0) is 37.1 Å². The molecule has 0 spiro atoms. The molecule has 0 unspecified atom stereocenters. The lowest BCUT2D eigenvalue weighted by molar-refractivity contribution is -0.126. The number of aromatic nitrogens is 2. The van der Waals surface area contributed by atoms with Crippen molar-refractivity contribution >= 4 is 11.8 Å². The highest BCUT2D eigenvalue weighted by Gasteiger charge is 2.28. The third kappa shape index (κ3) is 3.98. The van der Waals surface area contributed by atoms with Crippen LogP contribution in [0.15, 0.2) is 65.5 Å². The van der Waals surface area contributed by atoms with Gasteiger partial charge in [-0.3, -0.25) is 9.59 Å². The maximum atomic E-state index is 12.5. The number of likely N-dealkylation sites (tertiary alicyclic amines) is 1. The van der Waals surface area contributed by atoms with Crippen LogP contribution in [0.3, 0.4) is 0 Å². The van der Waals surface area contributed by atoms with E-state index < -0.39 is 0 Å². The molecule has 1 fully saturated rings. The van der Waals surface area contributed by atoms with Gasteiger partial charge in [0, 0.05) is 37.3 Å². The Kier molecular flexibility index (Phi) is 5.23. The first-order valence-electron chi connectivity index (χ1n) is 9.40. The molecule has 0 atom stereocenters. The minimum atomic E-state index is -0.114. The Hall–Kier alpha value is -3.35. The average molecular weight is 378 g/mol. The number of piperidine rings is 1. The van der Waals surface area contributed by atoms with Crippen LogP contribution < -0.4 is 5.32 Å². The number of nitrogens with one attached hydrogen (secondary N) is 1. The lowest BCUT2D eigenvalue weighted by atomic mass is 9.95. The lowest BCUT2D eigenvalue weighted by Crippen LogP contribution is -2.42. The molecular weight excluding hydrogens is 356 g/mol. The number of furan rings is 1. The standard InChI is InChI=1S/C21H22N4O3/c26-20(17-8-10-24(11-9-17)21(27)19-7-4-12-28-19)22-13-16-14-23-25(15-16)18-5-2-1-3-6-18/h1-7,12,14-15,17H,8-11,13H2,(H,22,26). The summed E-state index contributed by atoms with van der Waals surface area (Å²) in [6.07, 6.45) is 6.48. The summed E-state index contributed by atoms with van der Waals surface area (Å²) < 4.78 is 6.96. The Bertz CT molecular complexity index is 926. The number of hydrogen-bond acceptors (Lipinski definition) is 4. The molecule has 4 rings (SSSR count). The van der Waals surface area contributed by atoms with Crippen molar-refractivity contribution in [3.63, 3.8) is 0 Å². The molecule has 0 saturated carbocycles. The molecule has 3 aromatic rings. The number of carbonyl (C=O) groups excluding carboxylic acids is 2. The molecule has 1 saturated heterocycles. The van der Waals surface area contributed by atoms with E-state index in [0.29, 0.717) is 38.2 Å². The molecule has 1 N–H and O–H groups in total. The number of rotatable bonds is 5. The van der Waals surface area contributed by atoms with Crippen molar-refractivity contribution in [2.75, 3.05) is 13.1 Å². The van der Waals surface area contributed by atoms with Crippen LogP contribution in [0.4, 0.5) is 0 Å². The molecule has 7 heteroatoms. The Morgan fingerprint density at radius 2 is 1.89 bits per heavy atom. The number of carbonyl (C=O) groups is 2. The molecule has 2 aromatic heterocycles. The molecular formula is C21H22N4O3. The molecule has 28 heavy (non-hydrogen) atoms. The zero-order valence-electron chi connectivity index (χ0n) is 15.5. The van der Waals surface area contributed by atoms with E-state index in [1.54, 1.807) is 27.9 Å². The highest BCUT2D eigenvalue weighted by Crippen LogP contribution is 2.19. The van der Waals surface area contributed by atoms with Crippen molar-refractivity contribution in [1.29, 1.82) is 0 Å². The molecule has 0 bridgehead atoms. The van der Waals surface area contributed by atoms with E-state index in [4.69, 9.17) is 4.42 Å². The van der Waals surface area contributed by atoms with Crippen molar-refractivity contribution in [3.8, 4) is 5.69 Å². The molecule has 1 aliphatic rings. The topological polar surface area (TPSA) is 80.4 Å². The van der Waals surface area contributed by atoms with E-state index >= 15 is 0 Å². The first kappa shape index (κ1) is 18.0. The summed E-state index contributed by atoms with van der Waals surface area (Å²) in [5, 5.41) is 7.33. The number of para-hydroxylation sites is 1. The van der Waals surface area contributed by atoms with Gasteiger partial charge in [0.25, 0.3) is 5.91 Å². The van der Waals surface area contributed by atoms with E-state index in [2.05, 4.69) is 10.4 Å². The van der Waals surface area contributed by atoms with Gasteiger partial charge in [0.1, 0.15) is 0 Å². The number of benzene rings is 1. The molecule has 1 aromatic carbocycles. The van der Waals surface area contributed by atoms with Crippen LogP contribution in [0.1, 0.15) is 29.0 Å². The molecule has 3 heterocycles. The van der Waals surface area contributed by atoms with Crippen LogP contribution in [0.2, 0.25) is 0 Å². The molecule has 144 valence electrons. The van der Waals surface area contributed by atoms with Crippen LogP contribution >= 0.6 is 0 Å². The summed E-state index contributed by atoms with van der Waals surface area (Å²) >= 11 is 0. The lowest BCUT2D eigenvalue weighted by Gasteiger charge is -2.30. The molecule has 7 nitrogen and oxygen atoms in total. The monoisotopic (exact) mass is 378 g/mol. The summed E-state index contributed by atoms with van der Waals surface area (Å²) in [4.78, 5) is 26.5. The molecule has 2 amide bonds. The van der Waals surface area contributed by atoms with Gasteiger partial charge >= 0.3 is 0 Å². The van der Waals surface area contributed by atoms with Crippen LogP contribution in [0.5, 0.6) is 0 Å². The number of nitrogens with zero attached hydrogens (tertiary/aromatic N) is 3. The van der Waals surface area contributed by atoms with Gasteiger partial charge in [-0.2, -0.15) is 5.10 Å². The van der Waals surface area contributed by atoms with Crippen LogP contribution in [0.25, 0.3) is 5.69 Å². The number of amides is 2. The van der Waals surface area contributed by atoms with Gasteiger partial charge in [0.15, 0.2) is 5.76 Å². The van der Waals surface area contributed by atoms with Gasteiger partial charge < -0.3 is 14.6 Å². The van der Waals surface area contributed by atoms with Crippen molar-refractivity contribution in [3.05, 3.63) is 72.4 Å². The van der Waals surface area contributed by atoms with Crippen LogP contribution in [-0.4, -0.2) is 39.6 Å². The second-order valence-electron chi connectivity index (χ2n) is 6.89. The van der Waals surface area contributed by atoms with Gasteiger partial charge in [-0.15, -0.1) is 0 Å². The molecule has 1 aliphatic heterocycles. The minimum absolute atomic E-state index is 0.0255. The first-order valence-corrected chi connectivity index (χ1v) is 9.40. The smallest absolute Gasteiger partial charge is 0.289 e. The maximum absolute atomic E-state index is 12.5. The van der Waals surface area contributed by atoms with Crippen molar-refractivity contribution in [1.82, 2.24) is 20.0 Å². The largest absolute Gasteiger partial charge is 0.459 e. The van der Waals surface area contributed by atoms with Gasteiger partial charge in [0.2, 0.25) is 5.91 Å². The highest BCUT2D eigenvalue weighted by atomic mass is 16.3. The van der Waals surface area contributed by atoms with Crippen LogP contribution in [0, 0.1) is 5.92 Å². The fourth-order valence-electron chi connectivity index (χ4n) is 3.41. The Morgan fingerprint density at radius 3 is 2.61 bits per heavy atom. The summed E-state index contributed by atoms with van der Waals surface area (Å²) in [6.45, 7) is 1.56. The Labute approximate surface area is 162 Å². The SMILES string of the molecule is O=C(NCc1cnn(-c2ccccc2)c1)C1CCN(C(=O)c2ccco2)CC1. The Morgan fingerprint density at radius 1 is 1.11 bits per heavy atom. The second-order valence-corrected chi connectivity index (χ2v) is 6.89. The quantitative estimate of drug-likeness (QED) is 0.740. The predicted octanol–water partition coefficient (Wildman–Crippen LogP) is 2.63. The predicted molar refractivity (Wildman–Crippen MR) is 103 cm³/mol. The van der Waals surface area contributed by atoms with E-state index in [9.17, 15) is 9.59 Å². The third-order valence-corrected chi connectivity index (χ3v) is 5.01. The fourth-order valence-corrected chi connectivity index (χ4v) is 3.41. The van der Waals surface area contributed by atoms with Crippen molar-refractivity contribution < 1.29 is 14.0 Å². The molecule has 0 radical (unpaired) electrons. The first-order chi connectivity index (χ1) is 13.7. The third-order valence-electron chi connectivity index (χ3n) is 5.01. The van der Waals surface area contributed by atoms with Gasteiger partial charge in [0.05, 0.1) is 18.1 Å². The summed E-state index contributed by atoms with van der Waals surface area (Å²) in [5.74, 6) is 0.179. The minimum Gasteiger partial charge on any atom is -0.459 e. The zero-order chi connectivity index (χ0) is 19.3. The second kappa shape index (κ2) is 8.12. The van der Waals surface area contributed by atoms with Crippen molar-refractivity contribution in [2.45, 2.75) is 19.4 Å². The number of hydrogen-bond donors (Lipinski definition) is 1. The van der Waals surface area contributed by atoms with E-state index in [0.717, 1.165) is 11.3 Å². The van der Waals surface area contributed by atoms with Gasteiger partial charge in [-0.1, -0.05) is 18.2 Å². The van der Waals surface area contributed by atoms with E-state index in [1.807, 2.05) is 36.5 Å². The Balaban J connectivity index is 1.26.